The minimum Gasteiger partial charge on any atom is -0.493 e. The molecule has 8 nitrogen and oxygen atoms in total. The summed E-state index contributed by atoms with van der Waals surface area (Å²) in [5, 5.41) is 26.1. The van der Waals surface area contributed by atoms with Crippen molar-refractivity contribution in [2.24, 2.45) is 0 Å². The van der Waals surface area contributed by atoms with E-state index in [1.54, 1.807) is 18.2 Å². The maximum atomic E-state index is 13.9. The maximum Gasteiger partial charge on any atom is 0.335 e. The number of nitrogens with one attached hydrogen (secondary N) is 1. The minimum absolute atomic E-state index is 0.0953. The van der Waals surface area contributed by atoms with E-state index in [9.17, 15) is 19.1 Å². The van der Waals surface area contributed by atoms with E-state index in [-0.39, 0.29) is 29.1 Å². The standard InChI is InChI=1S/C21H15FN4O4/c22-17-4-2-1-3-13(17)9-14-10-23-18-16(11-24-26(18)20(14)28)19(27)25-15-7-5-12(6-8-15)21(29)30/h1-8,10-11,28H,9H2,(H,25,27)(H,29,30). The number of aromatic carboxylic acids is 1. The second-order valence-electron chi connectivity index (χ2n) is 6.51. The van der Waals surface area contributed by atoms with E-state index >= 15 is 0 Å². The number of fused-ring (bicyclic) bond motifs is 1. The molecule has 4 aromatic rings. The molecule has 0 aliphatic rings. The van der Waals surface area contributed by atoms with Crippen LogP contribution in [0.3, 0.4) is 0 Å². The van der Waals surface area contributed by atoms with Crippen LogP contribution in [0.5, 0.6) is 5.88 Å². The van der Waals surface area contributed by atoms with Gasteiger partial charge in [0.2, 0.25) is 5.88 Å². The van der Waals surface area contributed by atoms with Crippen molar-refractivity contribution in [3.63, 3.8) is 0 Å². The zero-order chi connectivity index (χ0) is 21.3. The highest BCUT2D eigenvalue weighted by atomic mass is 19.1. The number of rotatable bonds is 5. The number of carboxylic acid groups (broad SMARTS) is 1. The third-order valence-corrected chi connectivity index (χ3v) is 4.55. The topological polar surface area (TPSA) is 117 Å². The van der Waals surface area contributed by atoms with Crippen molar-refractivity contribution >= 4 is 23.2 Å². The van der Waals surface area contributed by atoms with Crippen LogP contribution in [0.25, 0.3) is 5.65 Å². The number of carbonyl (C=O) groups excluding carboxylic acids is 1. The molecular formula is C21H15FN4O4. The van der Waals surface area contributed by atoms with Crippen LogP contribution < -0.4 is 5.32 Å². The number of hydrogen-bond acceptors (Lipinski definition) is 5. The van der Waals surface area contributed by atoms with Crippen LogP contribution in [0.2, 0.25) is 0 Å². The van der Waals surface area contributed by atoms with Gasteiger partial charge in [0.15, 0.2) is 5.65 Å². The van der Waals surface area contributed by atoms with Gasteiger partial charge in [-0.1, -0.05) is 18.2 Å². The van der Waals surface area contributed by atoms with E-state index in [0.717, 1.165) is 4.52 Å². The van der Waals surface area contributed by atoms with Gasteiger partial charge < -0.3 is 15.5 Å². The third kappa shape index (κ3) is 3.55. The number of nitrogens with zero attached hydrogens (tertiary/aromatic N) is 3. The van der Waals surface area contributed by atoms with E-state index in [1.165, 1.54) is 42.7 Å². The van der Waals surface area contributed by atoms with Crippen molar-refractivity contribution in [1.29, 1.82) is 0 Å². The van der Waals surface area contributed by atoms with Gasteiger partial charge in [0.1, 0.15) is 11.4 Å². The van der Waals surface area contributed by atoms with Crippen molar-refractivity contribution in [1.82, 2.24) is 14.6 Å². The summed E-state index contributed by atoms with van der Waals surface area (Å²) in [7, 11) is 0. The first-order chi connectivity index (χ1) is 14.4. The Kier molecular flexibility index (Phi) is 4.85. The molecule has 0 aliphatic heterocycles. The van der Waals surface area contributed by atoms with Crippen LogP contribution in [-0.4, -0.2) is 36.7 Å². The van der Waals surface area contributed by atoms with E-state index in [1.807, 2.05) is 0 Å². The third-order valence-electron chi connectivity index (χ3n) is 4.55. The molecule has 150 valence electrons. The van der Waals surface area contributed by atoms with E-state index in [0.29, 0.717) is 16.8 Å². The number of benzene rings is 2. The molecule has 0 bridgehead atoms. The van der Waals surface area contributed by atoms with Gasteiger partial charge in [0.25, 0.3) is 5.91 Å². The second-order valence-corrected chi connectivity index (χ2v) is 6.51. The lowest BCUT2D eigenvalue weighted by molar-refractivity contribution is 0.0696. The van der Waals surface area contributed by atoms with Gasteiger partial charge in [-0.05, 0) is 35.9 Å². The first kappa shape index (κ1) is 19.1. The van der Waals surface area contributed by atoms with Crippen molar-refractivity contribution < 1.29 is 24.2 Å². The molecule has 30 heavy (non-hydrogen) atoms. The van der Waals surface area contributed by atoms with Crippen LogP contribution >= 0.6 is 0 Å². The molecule has 0 saturated heterocycles. The van der Waals surface area contributed by atoms with Gasteiger partial charge >= 0.3 is 5.97 Å². The molecule has 4 rings (SSSR count). The van der Waals surface area contributed by atoms with Gasteiger partial charge in [-0.25, -0.2) is 14.2 Å². The molecule has 2 aromatic carbocycles. The summed E-state index contributed by atoms with van der Waals surface area (Å²) in [5.74, 6) is -2.23. The number of anilines is 1. The quantitative estimate of drug-likeness (QED) is 0.469. The van der Waals surface area contributed by atoms with Crippen molar-refractivity contribution in [2.75, 3.05) is 5.32 Å². The Labute approximate surface area is 169 Å². The largest absolute Gasteiger partial charge is 0.493 e. The van der Waals surface area contributed by atoms with Gasteiger partial charge in [0.05, 0.1) is 11.8 Å². The molecule has 0 radical (unpaired) electrons. The minimum atomic E-state index is -1.07. The van der Waals surface area contributed by atoms with Crippen LogP contribution in [-0.2, 0) is 6.42 Å². The highest BCUT2D eigenvalue weighted by Gasteiger charge is 2.18. The molecule has 0 spiro atoms. The van der Waals surface area contributed by atoms with Gasteiger partial charge in [-0.3, -0.25) is 4.79 Å². The molecule has 2 heterocycles. The highest BCUT2D eigenvalue weighted by Crippen LogP contribution is 2.23. The van der Waals surface area contributed by atoms with Crippen LogP contribution in [0.1, 0.15) is 31.8 Å². The number of carboxylic acids is 1. The number of amides is 1. The number of aromatic hydroxyl groups is 1. The maximum absolute atomic E-state index is 13.9. The Bertz CT molecular complexity index is 1270. The monoisotopic (exact) mass is 406 g/mol. The lowest BCUT2D eigenvalue weighted by Crippen LogP contribution is -2.12. The lowest BCUT2D eigenvalue weighted by atomic mass is 10.1. The second kappa shape index (κ2) is 7.63. The summed E-state index contributed by atoms with van der Waals surface area (Å²) in [6.45, 7) is 0. The zero-order valence-corrected chi connectivity index (χ0v) is 15.4. The van der Waals surface area contributed by atoms with Crippen LogP contribution in [0, 0.1) is 5.82 Å². The Morgan fingerprint density at radius 2 is 1.77 bits per heavy atom. The number of aromatic nitrogens is 3. The smallest absolute Gasteiger partial charge is 0.335 e. The van der Waals surface area contributed by atoms with E-state index < -0.39 is 17.7 Å². The van der Waals surface area contributed by atoms with E-state index in [2.05, 4.69) is 15.4 Å². The Hall–Kier alpha value is -4.27. The lowest BCUT2D eigenvalue weighted by Gasteiger charge is -2.08. The molecular weight excluding hydrogens is 391 g/mol. The summed E-state index contributed by atoms with van der Waals surface area (Å²) in [6.07, 6.45) is 2.74. The predicted molar refractivity (Wildman–Crippen MR) is 105 cm³/mol. The number of halogens is 1. The van der Waals surface area contributed by atoms with Crippen molar-refractivity contribution in [3.8, 4) is 5.88 Å². The summed E-state index contributed by atoms with van der Waals surface area (Å²) in [4.78, 5) is 27.7. The first-order valence-corrected chi connectivity index (χ1v) is 8.86. The highest BCUT2D eigenvalue weighted by molar-refractivity contribution is 6.08. The SMILES string of the molecule is O=C(O)c1ccc(NC(=O)c2cnn3c(O)c(Cc4ccccc4F)cnc23)cc1. The number of hydrogen-bond donors (Lipinski definition) is 3. The average molecular weight is 406 g/mol. The van der Waals surface area contributed by atoms with Crippen LogP contribution in [0.15, 0.2) is 60.9 Å². The fourth-order valence-electron chi connectivity index (χ4n) is 2.98. The summed E-state index contributed by atoms with van der Waals surface area (Å²) >= 11 is 0. The summed E-state index contributed by atoms with van der Waals surface area (Å²) < 4.78 is 15.0. The fraction of sp³-hybridized carbons (Fsp3) is 0.0476. The Morgan fingerprint density at radius 1 is 1.03 bits per heavy atom. The predicted octanol–water partition coefficient (Wildman–Crippen LogP) is 3.12. The molecule has 1 amide bonds. The van der Waals surface area contributed by atoms with Crippen molar-refractivity contribution in [3.05, 3.63) is 89.0 Å². The molecule has 3 N–H and O–H groups in total. The van der Waals surface area contributed by atoms with Crippen LogP contribution in [0.4, 0.5) is 10.1 Å². The molecule has 0 saturated carbocycles. The average Bonchev–Trinajstić information content (AvgIpc) is 3.17. The molecule has 9 heteroatoms. The first-order valence-electron chi connectivity index (χ1n) is 8.86. The molecule has 0 unspecified atom stereocenters. The number of carbonyl (C=O) groups is 2. The Balaban J connectivity index is 1.60. The summed E-state index contributed by atoms with van der Waals surface area (Å²) in [6, 6.07) is 11.9. The Morgan fingerprint density at radius 3 is 2.47 bits per heavy atom. The summed E-state index contributed by atoms with van der Waals surface area (Å²) in [5.41, 5.74) is 1.48. The normalized spacial score (nSPS) is 10.8. The molecule has 0 aliphatic carbocycles. The molecule has 0 fully saturated rings. The van der Waals surface area contributed by atoms with Gasteiger partial charge in [0, 0.05) is 23.9 Å². The fourth-order valence-corrected chi connectivity index (χ4v) is 2.98. The van der Waals surface area contributed by atoms with E-state index in [4.69, 9.17) is 5.11 Å². The zero-order valence-electron chi connectivity index (χ0n) is 15.4. The van der Waals surface area contributed by atoms with Crippen molar-refractivity contribution in [2.45, 2.75) is 6.42 Å². The van der Waals surface area contributed by atoms with Gasteiger partial charge in [-0.15, -0.1) is 0 Å². The van der Waals surface area contributed by atoms with Gasteiger partial charge in [-0.2, -0.15) is 9.61 Å². The molecule has 0 atom stereocenters. The molecule has 2 aromatic heterocycles.